The Kier molecular flexibility index (Phi) is 10.8. The van der Waals surface area contributed by atoms with Gasteiger partial charge in [0.2, 0.25) is 21.8 Å². The van der Waals surface area contributed by atoms with Gasteiger partial charge in [0.1, 0.15) is 18.3 Å². The number of hydrogen-bond acceptors (Lipinski definition) is 5. The summed E-state index contributed by atoms with van der Waals surface area (Å²) in [5.74, 6) is -0.407. The summed E-state index contributed by atoms with van der Waals surface area (Å²) in [5.41, 5.74) is 1.68. The van der Waals surface area contributed by atoms with Gasteiger partial charge in [0.15, 0.2) is 0 Å². The Morgan fingerprint density at radius 1 is 0.975 bits per heavy atom. The van der Waals surface area contributed by atoms with E-state index in [0.717, 1.165) is 16.1 Å². The Hall–Kier alpha value is -3.27. The van der Waals surface area contributed by atoms with Crippen LogP contribution >= 0.6 is 23.2 Å². The second-order valence-corrected chi connectivity index (χ2v) is 12.3. The first-order chi connectivity index (χ1) is 18.9. The number of anilines is 1. The van der Waals surface area contributed by atoms with E-state index >= 15 is 0 Å². The first-order valence-corrected chi connectivity index (χ1v) is 15.2. The lowest BCUT2D eigenvalue weighted by Gasteiger charge is -2.34. The molecule has 0 fully saturated rings. The predicted octanol–water partition coefficient (Wildman–Crippen LogP) is 4.93. The van der Waals surface area contributed by atoms with Gasteiger partial charge < -0.3 is 15.0 Å². The van der Waals surface area contributed by atoms with Gasteiger partial charge in [-0.15, -0.1) is 0 Å². The Bertz CT molecular complexity index is 1420. The van der Waals surface area contributed by atoms with Crippen LogP contribution in [0.25, 0.3) is 0 Å². The number of ether oxygens (including phenoxy) is 1. The summed E-state index contributed by atoms with van der Waals surface area (Å²) in [5, 5.41) is 3.65. The molecule has 8 nitrogen and oxygen atoms in total. The van der Waals surface area contributed by atoms with Crippen molar-refractivity contribution < 1.29 is 22.7 Å². The van der Waals surface area contributed by atoms with E-state index in [4.69, 9.17) is 27.9 Å². The van der Waals surface area contributed by atoms with Gasteiger partial charge in [0, 0.05) is 29.1 Å². The van der Waals surface area contributed by atoms with Crippen LogP contribution in [0.1, 0.15) is 25.0 Å². The summed E-state index contributed by atoms with van der Waals surface area (Å²) in [6.45, 7) is 3.08. The van der Waals surface area contributed by atoms with Crippen LogP contribution in [0.15, 0.2) is 72.8 Å². The molecule has 3 aromatic carbocycles. The van der Waals surface area contributed by atoms with Crippen molar-refractivity contribution in [2.24, 2.45) is 0 Å². The molecule has 3 aromatic rings. The van der Waals surface area contributed by atoms with Crippen molar-refractivity contribution in [1.82, 2.24) is 10.2 Å². The summed E-state index contributed by atoms with van der Waals surface area (Å²) < 4.78 is 31.9. The van der Waals surface area contributed by atoms with Crippen LogP contribution in [0, 0.1) is 0 Å². The smallest absolute Gasteiger partial charge is 0.244 e. The maximum absolute atomic E-state index is 14.0. The van der Waals surface area contributed by atoms with Crippen molar-refractivity contribution in [3.8, 4) is 5.75 Å². The molecular weight excluding hydrogens is 573 g/mol. The molecule has 0 aliphatic heterocycles. The van der Waals surface area contributed by atoms with Crippen LogP contribution in [-0.4, -0.2) is 57.1 Å². The van der Waals surface area contributed by atoms with Crippen LogP contribution in [0.2, 0.25) is 10.0 Å². The highest BCUT2D eigenvalue weighted by molar-refractivity contribution is 7.92. The topological polar surface area (TPSA) is 96.0 Å². The number of sulfonamides is 1. The molecule has 1 N–H and O–H groups in total. The molecule has 3 rings (SSSR count). The fraction of sp³-hybridized carbons (Fsp3) is 0.310. The number of halogens is 2. The molecule has 40 heavy (non-hydrogen) atoms. The standard InChI is InChI=1S/C29H33Cl2N3O5S/c1-20(2)32-29(36)27(16-21-8-6-5-7-9-21)33(18-22-10-11-23(30)17-26(22)31)28(35)19-34(40(4,37)38)24-12-14-25(39-3)15-13-24/h5-15,17,20,27H,16,18-19H2,1-4H3,(H,32,36)/t27-/m0/s1. The highest BCUT2D eigenvalue weighted by Crippen LogP contribution is 2.26. The van der Waals surface area contributed by atoms with Crippen LogP contribution in [0.3, 0.4) is 0 Å². The third kappa shape index (κ3) is 8.61. The number of benzene rings is 3. The molecule has 0 unspecified atom stereocenters. The highest BCUT2D eigenvalue weighted by Gasteiger charge is 2.33. The number of hydrogen-bond donors (Lipinski definition) is 1. The number of amides is 2. The molecule has 1 atom stereocenters. The van der Waals surface area contributed by atoms with E-state index in [1.807, 2.05) is 44.2 Å². The summed E-state index contributed by atoms with van der Waals surface area (Å²) in [4.78, 5) is 29.0. The minimum atomic E-state index is -3.88. The SMILES string of the molecule is COc1ccc(N(CC(=O)N(Cc2ccc(Cl)cc2Cl)[C@@H](Cc2ccccc2)C(=O)NC(C)C)S(C)(=O)=O)cc1. The minimum absolute atomic E-state index is 0.0436. The van der Waals surface area contributed by atoms with Crippen LogP contribution in [0.5, 0.6) is 5.75 Å². The Morgan fingerprint density at radius 2 is 1.62 bits per heavy atom. The fourth-order valence-electron chi connectivity index (χ4n) is 4.13. The lowest BCUT2D eigenvalue weighted by Crippen LogP contribution is -2.54. The van der Waals surface area contributed by atoms with Gasteiger partial charge >= 0.3 is 0 Å². The number of carbonyl (C=O) groups is 2. The van der Waals surface area contributed by atoms with E-state index in [-0.39, 0.29) is 30.6 Å². The number of nitrogens with zero attached hydrogens (tertiary/aromatic N) is 2. The maximum atomic E-state index is 14.0. The molecule has 2 amide bonds. The Balaban J connectivity index is 2.07. The maximum Gasteiger partial charge on any atom is 0.244 e. The summed E-state index contributed by atoms with van der Waals surface area (Å²) in [7, 11) is -2.37. The van der Waals surface area contributed by atoms with Crippen LogP contribution in [0.4, 0.5) is 5.69 Å². The lowest BCUT2D eigenvalue weighted by atomic mass is 10.0. The summed E-state index contributed by atoms with van der Waals surface area (Å²) >= 11 is 12.6. The van der Waals surface area contributed by atoms with E-state index < -0.39 is 28.5 Å². The normalized spacial score (nSPS) is 12.1. The van der Waals surface area contributed by atoms with Gasteiger partial charge in [-0.05, 0) is 61.4 Å². The van der Waals surface area contributed by atoms with Gasteiger partial charge in [0.25, 0.3) is 0 Å². The van der Waals surface area contributed by atoms with E-state index in [1.54, 1.807) is 42.5 Å². The minimum Gasteiger partial charge on any atom is -0.497 e. The van der Waals surface area contributed by atoms with Gasteiger partial charge in [-0.25, -0.2) is 8.42 Å². The van der Waals surface area contributed by atoms with Crippen molar-refractivity contribution in [2.75, 3.05) is 24.2 Å². The van der Waals surface area contributed by atoms with E-state index in [2.05, 4.69) is 5.32 Å². The van der Waals surface area contributed by atoms with E-state index in [1.165, 1.54) is 12.0 Å². The highest BCUT2D eigenvalue weighted by atomic mass is 35.5. The van der Waals surface area contributed by atoms with Crippen molar-refractivity contribution in [2.45, 2.75) is 38.9 Å². The molecule has 11 heteroatoms. The fourth-order valence-corrected chi connectivity index (χ4v) is 5.45. The van der Waals surface area contributed by atoms with Crippen molar-refractivity contribution in [3.63, 3.8) is 0 Å². The quantitative estimate of drug-likeness (QED) is 0.316. The molecule has 0 spiro atoms. The molecule has 0 saturated carbocycles. The van der Waals surface area contributed by atoms with Crippen molar-refractivity contribution >= 4 is 50.7 Å². The summed E-state index contributed by atoms with van der Waals surface area (Å²) in [6.07, 6.45) is 1.23. The third-order valence-corrected chi connectivity index (χ3v) is 7.82. The zero-order valence-electron chi connectivity index (χ0n) is 22.8. The van der Waals surface area contributed by atoms with Gasteiger partial charge in [0.05, 0.1) is 19.1 Å². The molecule has 0 radical (unpaired) electrons. The zero-order chi connectivity index (χ0) is 29.4. The molecule has 0 aromatic heterocycles. The first kappa shape index (κ1) is 31.3. The third-order valence-electron chi connectivity index (χ3n) is 6.10. The monoisotopic (exact) mass is 605 g/mol. The van der Waals surface area contributed by atoms with E-state index in [0.29, 0.717) is 21.4 Å². The number of rotatable bonds is 12. The molecule has 214 valence electrons. The molecule has 0 saturated heterocycles. The predicted molar refractivity (Wildman–Crippen MR) is 159 cm³/mol. The molecule has 0 heterocycles. The largest absolute Gasteiger partial charge is 0.497 e. The van der Waals surface area contributed by atoms with E-state index in [9.17, 15) is 18.0 Å². The lowest BCUT2D eigenvalue weighted by molar-refractivity contribution is -0.140. The Morgan fingerprint density at radius 3 is 2.17 bits per heavy atom. The average Bonchev–Trinajstić information content (AvgIpc) is 2.90. The summed E-state index contributed by atoms with van der Waals surface area (Å²) in [6, 6.07) is 19.4. The van der Waals surface area contributed by atoms with Crippen molar-refractivity contribution in [3.05, 3.63) is 94.0 Å². The Labute approximate surface area is 245 Å². The van der Waals surface area contributed by atoms with Gasteiger partial charge in [-0.1, -0.05) is 59.6 Å². The number of nitrogens with one attached hydrogen (secondary N) is 1. The second kappa shape index (κ2) is 13.9. The van der Waals surface area contributed by atoms with Crippen LogP contribution < -0.4 is 14.4 Å². The van der Waals surface area contributed by atoms with Gasteiger partial charge in [-0.3, -0.25) is 13.9 Å². The van der Waals surface area contributed by atoms with Crippen LogP contribution in [-0.2, 0) is 32.6 Å². The molecule has 0 aliphatic rings. The van der Waals surface area contributed by atoms with Gasteiger partial charge in [-0.2, -0.15) is 0 Å². The molecule has 0 aliphatic carbocycles. The zero-order valence-corrected chi connectivity index (χ0v) is 25.1. The average molecular weight is 607 g/mol. The molecular formula is C29H33Cl2N3O5S. The van der Waals surface area contributed by atoms with Crippen molar-refractivity contribution in [1.29, 1.82) is 0 Å². The number of methoxy groups -OCH3 is 1. The number of carbonyl (C=O) groups excluding carboxylic acids is 2. The molecule has 0 bridgehead atoms. The second-order valence-electron chi connectivity index (χ2n) is 9.59. The first-order valence-electron chi connectivity index (χ1n) is 12.6.